The average Bonchev–Trinajstić information content (AvgIpc) is 2.25. The summed E-state index contributed by atoms with van der Waals surface area (Å²) in [6.07, 6.45) is 1.43. The summed E-state index contributed by atoms with van der Waals surface area (Å²) in [5, 5.41) is 1.46. The zero-order valence-corrected chi connectivity index (χ0v) is 10.2. The molecule has 1 aromatic heterocycles. The Morgan fingerprint density at radius 1 is 0.938 bits per heavy atom. The third-order valence-corrected chi connectivity index (χ3v) is 2.97. The number of halogens is 3. The molecule has 0 atom stereocenters. The lowest BCUT2D eigenvalue weighted by atomic mass is 10.1. The van der Waals surface area contributed by atoms with Crippen molar-refractivity contribution in [3.05, 3.63) is 55.9 Å². The lowest BCUT2D eigenvalue weighted by molar-refractivity contribution is 1.24. The van der Waals surface area contributed by atoms with Crippen molar-refractivity contribution in [2.24, 2.45) is 0 Å². The van der Waals surface area contributed by atoms with Crippen LogP contribution >= 0.6 is 34.8 Å². The van der Waals surface area contributed by atoms with Gasteiger partial charge >= 0.3 is 0 Å². The fourth-order valence-corrected chi connectivity index (χ4v) is 1.97. The lowest BCUT2D eigenvalue weighted by Gasteiger charge is -2.06. The molecule has 0 saturated carbocycles. The predicted octanol–water partition coefficient (Wildman–Crippen LogP) is 4.00. The van der Waals surface area contributed by atoms with Crippen LogP contribution in [0.4, 0.5) is 0 Å². The Labute approximate surface area is 107 Å². The normalized spacial score (nSPS) is 10.4. The number of benzene rings is 1. The second-order valence-electron chi connectivity index (χ2n) is 3.18. The molecule has 0 aliphatic heterocycles. The van der Waals surface area contributed by atoms with E-state index in [9.17, 15) is 4.79 Å². The first kappa shape index (κ1) is 11.5. The Balaban J connectivity index is 2.71. The number of rotatable bonds is 1. The van der Waals surface area contributed by atoms with Crippen molar-refractivity contribution in [1.82, 2.24) is 4.98 Å². The van der Waals surface area contributed by atoms with Gasteiger partial charge in [0.25, 0.3) is 0 Å². The van der Waals surface area contributed by atoms with E-state index in [1.165, 1.54) is 12.3 Å². The van der Waals surface area contributed by atoms with Crippen molar-refractivity contribution in [1.29, 1.82) is 0 Å². The molecule has 1 N–H and O–H groups in total. The fraction of sp³-hybridized carbons (Fsp3) is 0. The summed E-state index contributed by atoms with van der Waals surface area (Å²) in [4.78, 5) is 13.7. The molecule has 0 amide bonds. The maximum absolute atomic E-state index is 11.2. The molecule has 5 heteroatoms. The first-order chi connectivity index (χ1) is 7.58. The van der Waals surface area contributed by atoms with Crippen LogP contribution in [-0.2, 0) is 0 Å². The van der Waals surface area contributed by atoms with Crippen LogP contribution in [-0.4, -0.2) is 4.98 Å². The van der Waals surface area contributed by atoms with Crippen LogP contribution in [0.2, 0.25) is 15.1 Å². The van der Waals surface area contributed by atoms with Crippen LogP contribution in [0.1, 0.15) is 0 Å². The zero-order valence-electron chi connectivity index (χ0n) is 7.93. The smallest absolute Gasteiger partial charge is 0.248 e. The minimum Gasteiger partial charge on any atom is -0.328 e. The zero-order chi connectivity index (χ0) is 11.7. The van der Waals surface area contributed by atoms with Gasteiger partial charge in [-0.15, -0.1) is 0 Å². The Morgan fingerprint density at radius 3 is 2.38 bits per heavy atom. The SMILES string of the molecule is O=c1cc(-c2cc(Cl)ccc2Cl)c(Cl)c[nH]1. The van der Waals surface area contributed by atoms with Crippen LogP contribution < -0.4 is 5.56 Å². The van der Waals surface area contributed by atoms with Gasteiger partial charge in [0.15, 0.2) is 0 Å². The highest BCUT2D eigenvalue weighted by atomic mass is 35.5. The van der Waals surface area contributed by atoms with Gasteiger partial charge in [-0.25, -0.2) is 0 Å². The highest BCUT2D eigenvalue weighted by Crippen LogP contribution is 2.33. The molecule has 1 heterocycles. The highest BCUT2D eigenvalue weighted by molar-refractivity contribution is 6.37. The number of hydrogen-bond donors (Lipinski definition) is 1. The van der Waals surface area contributed by atoms with Crippen LogP contribution in [0, 0.1) is 0 Å². The summed E-state index contributed by atoms with van der Waals surface area (Å²) in [5.41, 5.74) is 0.971. The molecule has 2 aromatic rings. The molecule has 0 radical (unpaired) electrons. The van der Waals surface area contributed by atoms with Gasteiger partial charge in [-0.2, -0.15) is 0 Å². The molecule has 0 aliphatic rings. The van der Waals surface area contributed by atoms with Crippen molar-refractivity contribution < 1.29 is 0 Å². The molecule has 16 heavy (non-hydrogen) atoms. The fourth-order valence-electron chi connectivity index (χ4n) is 1.36. The van der Waals surface area contributed by atoms with Gasteiger partial charge in [-0.1, -0.05) is 34.8 Å². The van der Waals surface area contributed by atoms with E-state index in [0.717, 1.165) is 0 Å². The van der Waals surface area contributed by atoms with Gasteiger partial charge in [0.2, 0.25) is 5.56 Å². The average molecular weight is 275 g/mol. The standard InChI is InChI=1S/C11H6Cl3NO/c12-6-1-2-9(13)7(3-6)8-4-11(16)15-5-10(8)14/h1-5H,(H,15,16). The molecular formula is C11H6Cl3NO. The van der Waals surface area contributed by atoms with E-state index in [4.69, 9.17) is 34.8 Å². The highest BCUT2D eigenvalue weighted by Gasteiger charge is 2.09. The Kier molecular flexibility index (Phi) is 3.24. The predicted molar refractivity (Wildman–Crippen MR) is 67.5 cm³/mol. The number of nitrogens with one attached hydrogen (secondary N) is 1. The van der Waals surface area contributed by atoms with Crippen molar-refractivity contribution >= 4 is 34.8 Å². The maximum atomic E-state index is 11.2. The number of hydrogen-bond acceptors (Lipinski definition) is 1. The first-order valence-corrected chi connectivity index (χ1v) is 5.55. The summed E-state index contributed by atoms with van der Waals surface area (Å²) in [6, 6.07) is 6.40. The molecule has 82 valence electrons. The minimum atomic E-state index is -0.240. The van der Waals surface area contributed by atoms with Gasteiger partial charge in [0.05, 0.1) is 5.02 Å². The number of H-pyrrole nitrogens is 1. The largest absolute Gasteiger partial charge is 0.328 e. The molecule has 0 saturated heterocycles. The molecule has 0 spiro atoms. The van der Waals surface area contributed by atoms with Gasteiger partial charge in [0.1, 0.15) is 0 Å². The molecule has 2 rings (SSSR count). The summed E-state index contributed by atoms with van der Waals surface area (Å²) >= 11 is 17.9. The summed E-state index contributed by atoms with van der Waals surface area (Å²) < 4.78 is 0. The lowest BCUT2D eigenvalue weighted by Crippen LogP contribution is -2.03. The minimum absolute atomic E-state index is 0.240. The van der Waals surface area contributed by atoms with Crippen LogP contribution in [0.15, 0.2) is 35.3 Å². The number of pyridine rings is 1. The third-order valence-electron chi connectivity index (χ3n) is 2.09. The quantitative estimate of drug-likeness (QED) is 0.837. The molecule has 0 unspecified atom stereocenters. The number of aromatic nitrogens is 1. The van der Waals surface area contributed by atoms with E-state index in [1.54, 1.807) is 18.2 Å². The molecule has 0 fully saturated rings. The van der Waals surface area contributed by atoms with Crippen molar-refractivity contribution in [3.63, 3.8) is 0 Å². The van der Waals surface area contributed by atoms with E-state index in [2.05, 4.69) is 4.98 Å². The van der Waals surface area contributed by atoms with Crippen molar-refractivity contribution in [2.75, 3.05) is 0 Å². The first-order valence-electron chi connectivity index (χ1n) is 4.41. The topological polar surface area (TPSA) is 32.9 Å². The van der Waals surface area contributed by atoms with Crippen LogP contribution in [0.25, 0.3) is 11.1 Å². The van der Waals surface area contributed by atoms with Crippen LogP contribution in [0.3, 0.4) is 0 Å². The number of aromatic amines is 1. The van der Waals surface area contributed by atoms with E-state index in [-0.39, 0.29) is 5.56 Å². The van der Waals surface area contributed by atoms with Gasteiger partial charge in [-0.3, -0.25) is 4.79 Å². The van der Waals surface area contributed by atoms with E-state index in [1.807, 2.05) is 0 Å². The van der Waals surface area contributed by atoms with Gasteiger partial charge in [0, 0.05) is 33.4 Å². The maximum Gasteiger partial charge on any atom is 0.248 e. The summed E-state index contributed by atoms with van der Waals surface area (Å²) in [7, 11) is 0. The molecule has 2 nitrogen and oxygen atoms in total. The van der Waals surface area contributed by atoms with Crippen LogP contribution in [0.5, 0.6) is 0 Å². The van der Waals surface area contributed by atoms with Crippen molar-refractivity contribution in [2.45, 2.75) is 0 Å². The summed E-state index contributed by atoms with van der Waals surface area (Å²) in [5.74, 6) is 0. The molecule has 1 aromatic carbocycles. The molecule has 0 aliphatic carbocycles. The summed E-state index contributed by atoms with van der Waals surface area (Å²) in [6.45, 7) is 0. The van der Waals surface area contributed by atoms with Gasteiger partial charge < -0.3 is 4.98 Å². The van der Waals surface area contributed by atoms with E-state index in [0.29, 0.717) is 26.2 Å². The van der Waals surface area contributed by atoms with Gasteiger partial charge in [-0.05, 0) is 18.2 Å². The molecular weight excluding hydrogens is 268 g/mol. The van der Waals surface area contributed by atoms with Crippen molar-refractivity contribution in [3.8, 4) is 11.1 Å². The third kappa shape index (κ3) is 2.24. The monoisotopic (exact) mass is 273 g/mol. The Bertz CT molecular complexity index is 592. The Morgan fingerprint density at radius 2 is 1.62 bits per heavy atom. The molecule has 0 bridgehead atoms. The second kappa shape index (κ2) is 4.50. The van der Waals surface area contributed by atoms with E-state index < -0.39 is 0 Å². The second-order valence-corrected chi connectivity index (χ2v) is 4.43. The van der Waals surface area contributed by atoms with E-state index >= 15 is 0 Å². The Hall–Kier alpha value is -0.960.